The summed E-state index contributed by atoms with van der Waals surface area (Å²) in [6.07, 6.45) is 0. The quantitative estimate of drug-likeness (QED) is 0.485. The lowest BCUT2D eigenvalue weighted by atomic mass is 10.3. The second kappa shape index (κ2) is 5.55. The second-order valence-corrected chi connectivity index (χ2v) is 3.74. The molecule has 4 nitrogen and oxygen atoms in total. The van der Waals surface area contributed by atoms with Crippen molar-refractivity contribution in [2.75, 3.05) is 14.2 Å². The van der Waals surface area contributed by atoms with Gasteiger partial charge in [-0.15, -0.1) is 0 Å². The Balaban J connectivity index is 3.09. The van der Waals surface area contributed by atoms with Gasteiger partial charge in [0, 0.05) is 0 Å². The lowest BCUT2D eigenvalue weighted by Crippen LogP contribution is -2.08. The fourth-order valence-electron chi connectivity index (χ4n) is 1.07. The van der Waals surface area contributed by atoms with E-state index in [4.69, 9.17) is 14.2 Å². The van der Waals surface area contributed by atoms with Gasteiger partial charge in [0.1, 0.15) is 0 Å². The fourth-order valence-corrected chi connectivity index (χ4v) is 1.15. The molecule has 0 spiro atoms. The topological polar surface area (TPSA) is 44.8 Å². The van der Waals surface area contributed by atoms with Gasteiger partial charge in [0.2, 0.25) is 5.75 Å². The maximum Gasteiger partial charge on any atom is 0.350 e. The van der Waals surface area contributed by atoms with E-state index in [1.165, 1.54) is 14.2 Å². The number of methoxy groups -OCH3 is 2. The van der Waals surface area contributed by atoms with Crippen LogP contribution in [0.5, 0.6) is 17.2 Å². The average Bonchev–Trinajstić information content (AvgIpc) is 2.29. The Labute approximate surface area is 102 Å². The predicted octanol–water partition coefficient (Wildman–Crippen LogP) is 2.52. The molecule has 86 valence electrons. The van der Waals surface area contributed by atoms with E-state index in [0.717, 1.165) is 0 Å². The summed E-state index contributed by atoms with van der Waals surface area (Å²) in [5, 5.41) is 0. The van der Waals surface area contributed by atoms with Crippen LogP contribution < -0.4 is 14.2 Å². The second-order valence-electron chi connectivity index (χ2n) is 2.79. The number of carbonyl (C=O) groups excluding carboxylic acids is 1. The summed E-state index contributed by atoms with van der Waals surface area (Å²) in [5.74, 6) is 0.476. The molecule has 0 aromatic heterocycles. The first-order valence-electron chi connectivity index (χ1n) is 4.37. The third-order valence-corrected chi connectivity index (χ3v) is 2.12. The Bertz CT molecular complexity index is 392. The highest BCUT2D eigenvalue weighted by atomic mass is 79.9. The van der Waals surface area contributed by atoms with Crippen molar-refractivity contribution in [3.05, 3.63) is 29.3 Å². The number of benzene rings is 1. The van der Waals surface area contributed by atoms with Gasteiger partial charge in [0.25, 0.3) is 0 Å². The average molecular weight is 287 g/mol. The van der Waals surface area contributed by atoms with Crippen molar-refractivity contribution >= 4 is 21.9 Å². The molecular formula is C11H11BrO4. The Morgan fingerprint density at radius 1 is 1.25 bits per heavy atom. The Kier molecular flexibility index (Phi) is 4.37. The first-order valence-corrected chi connectivity index (χ1v) is 5.17. The van der Waals surface area contributed by atoms with Crippen LogP contribution in [-0.2, 0) is 4.79 Å². The van der Waals surface area contributed by atoms with E-state index in [1.807, 2.05) is 0 Å². The van der Waals surface area contributed by atoms with Crippen LogP contribution >= 0.6 is 15.9 Å². The van der Waals surface area contributed by atoms with E-state index >= 15 is 0 Å². The molecule has 1 rings (SSSR count). The van der Waals surface area contributed by atoms with Crippen LogP contribution in [-0.4, -0.2) is 20.2 Å². The summed E-state index contributed by atoms with van der Waals surface area (Å²) in [6.45, 7) is 3.42. The summed E-state index contributed by atoms with van der Waals surface area (Å²) in [7, 11) is 2.96. The number of rotatable bonds is 4. The molecule has 5 heteroatoms. The number of halogens is 1. The summed E-state index contributed by atoms with van der Waals surface area (Å²) in [5.41, 5.74) is 0. The fraction of sp³-hybridized carbons (Fsp3) is 0.182. The van der Waals surface area contributed by atoms with Gasteiger partial charge in [0.15, 0.2) is 11.5 Å². The van der Waals surface area contributed by atoms with E-state index < -0.39 is 5.97 Å². The Hall–Kier alpha value is -1.49. The van der Waals surface area contributed by atoms with Crippen molar-refractivity contribution in [1.82, 2.24) is 0 Å². The molecule has 0 aliphatic rings. The van der Waals surface area contributed by atoms with Crippen molar-refractivity contribution in [2.45, 2.75) is 0 Å². The molecule has 0 aliphatic heterocycles. The molecular weight excluding hydrogens is 276 g/mol. The van der Waals surface area contributed by atoms with Crippen LogP contribution in [0.3, 0.4) is 0 Å². The first kappa shape index (κ1) is 12.6. The maximum absolute atomic E-state index is 11.4. The number of para-hydroxylation sites is 1. The third kappa shape index (κ3) is 2.76. The van der Waals surface area contributed by atoms with E-state index in [9.17, 15) is 4.79 Å². The van der Waals surface area contributed by atoms with Gasteiger partial charge in [-0.3, -0.25) is 0 Å². The Morgan fingerprint density at radius 2 is 1.75 bits per heavy atom. The number of hydrogen-bond donors (Lipinski definition) is 0. The smallest absolute Gasteiger partial charge is 0.350 e. The molecule has 0 amide bonds. The highest BCUT2D eigenvalue weighted by molar-refractivity contribution is 9.12. The summed E-state index contributed by atoms with van der Waals surface area (Å²) >= 11 is 2.94. The summed E-state index contributed by atoms with van der Waals surface area (Å²) < 4.78 is 15.3. The summed E-state index contributed by atoms with van der Waals surface area (Å²) in [4.78, 5) is 11.4. The molecule has 1 aromatic rings. The normalized spacial score (nSPS) is 9.44. The van der Waals surface area contributed by atoms with Gasteiger partial charge in [-0.1, -0.05) is 12.6 Å². The molecule has 1 aromatic carbocycles. The molecule has 0 fully saturated rings. The van der Waals surface area contributed by atoms with Crippen molar-refractivity contribution in [3.63, 3.8) is 0 Å². The van der Waals surface area contributed by atoms with Crippen LogP contribution in [0.1, 0.15) is 0 Å². The molecule has 0 bridgehead atoms. The van der Waals surface area contributed by atoms with Crippen molar-refractivity contribution in [1.29, 1.82) is 0 Å². The molecule has 0 atom stereocenters. The molecule has 0 aliphatic carbocycles. The number of ether oxygens (including phenoxy) is 3. The van der Waals surface area contributed by atoms with Gasteiger partial charge in [0.05, 0.1) is 18.7 Å². The first-order chi connectivity index (χ1) is 7.60. The minimum Gasteiger partial charge on any atom is -0.493 e. The molecule has 16 heavy (non-hydrogen) atoms. The van der Waals surface area contributed by atoms with Crippen LogP contribution in [0.25, 0.3) is 0 Å². The Morgan fingerprint density at radius 3 is 2.12 bits per heavy atom. The monoisotopic (exact) mass is 286 g/mol. The van der Waals surface area contributed by atoms with Gasteiger partial charge in [-0.05, 0) is 28.1 Å². The predicted molar refractivity (Wildman–Crippen MR) is 63.2 cm³/mol. The van der Waals surface area contributed by atoms with Gasteiger partial charge in [-0.2, -0.15) is 0 Å². The molecule has 0 unspecified atom stereocenters. The SMILES string of the molecule is C=C(Br)C(=O)Oc1c(OC)cccc1OC. The zero-order valence-corrected chi connectivity index (χ0v) is 10.5. The van der Waals surface area contributed by atoms with Crippen LogP contribution in [0.4, 0.5) is 0 Å². The standard InChI is InChI=1S/C11H11BrO4/c1-7(12)11(13)16-10-8(14-2)5-4-6-9(10)15-3/h4-6H,1H2,2-3H3. The van der Waals surface area contributed by atoms with Crippen molar-refractivity contribution < 1.29 is 19.0 Å². The van der Waals surface area contributed by atoms with Crippen molar-refractivity contribution in [3.8, 4) is 17.2 Å². The third-order valence-electron chi connectivity index (χ3n) is 1.80. The minimum atomic E-state index is -0.595. The lowest BCUT2D eigenvalue weighted by Gasteiger charge is -2.12. The molecule has 0 saturated heterocycles. The molecule has 0 heterocycles. The molecule has 0 saturated carbocycles. The lowest BCUT2D eigenvalue weighted by molar-refractivity contribution is -0.129. The van der Waals surface area contributed by atoms with Gasteiger partial charge < -0.3 is 14.2 Å². The molecule has 0 N–H and O–H groups in total. The van der Waals surface area contributed by atoms with E-state index in [1.54, 1.807) is 18.2 Å². The van der Waals surface area contributed by atoms with Gasteiger partial charge >= 0.3 is 5.97 Å². The highest BCUT2D eigenvalue weighted by Gasteiger charge is 2.16. The van der Waals surface area contributed by atoms with Crippen LogP contribution in [0.15, 0.2) is 29.3 Å². The zero-order chi connectivity index (χ0) is 12.1. The van der Waals surface area contributed by atoms with Crippen LogP contribution in [0.2, 0.25) is 0 Å². The zero-order valence-electron chi connectivity index (χ0n) is 8.95. The maximum atomic E-state index is 11.4. The van der Waals surface area contributed by atoms with Crippen LogP contribution in [0, 0.1) is 0 Å². The minimum absolute atomic E-state index is 0.125. The number of esters is 1. The molecule has 0 radical (unpaired) electrons. The van der Waals surface area contributed by atoms with Crippen molar-refractivity contribution in [2.24, 2.45) is 0 Å². The van der Waals surface area contributed by atoms with E-state index in [-0.39, 0.29) is 10.2 Å². The van der Waals surface area contributed by atoms with E-state index in [2.05, 4.69) is 22.5 Å². The summed E-state index contributed by atoms with van der Waals surface area (Å²) in [6, 6.07) is 5.07. The van der Waals surface area contributed by atoms with Gasteiger partial charge in [-0.25, -0.2) is 4.79 Å². The van der Waals surface area contributed by atoms with E-state index in [0.29, 0.717) is 11.5 Å². The largest absolute Gasteiger partial charge is 0.493 e. The number of hydrogen-bond acceptors (Lipinski definition) is 4. The number of carbonyl (C=O) groups is 1. The highest BCUT2D eigenvalue weighted by Crippen LogP contribution is 2.37.